The summed E-state index contributed by atoms with van der Waals surface area (Å²) >= 11 is 0. The van der Waals surface area contributed by atoms with Crippen molar-refractivity contribution in [3.8, 4) is 0 Å². The summed E-state index contributed by atoms with van der Waals surface area (Å²) in [7, 11) is 2.54. The van der Waals surface area contributed by atoms with Crippen LogP contribution in [0.25, 0.3) is 0 Å². The summed E-state index contributed by atoms with van der Waals surface area (Å²) in [4.78, 5) is 34.7. The van der Waals surface area contributed by atoms with Crippen molar-refractivity contribution in [3.05, 3.63) is 35.7 Å². The first-order chi connectivity index (χ1) is 13.9. The summed E-state index contributed by atoms with van der Waals surface area (Å²) in [6, 6.07) is 4.52. The number of ether oxygens (including phenoxy) is 2. The number of esters is 2. The van der Waals surface area contributed by atoms with Gasteiger partial charge in [0, 0.05) is 18.8 Å². The van der Waals surface area contributed by atoms with Crippen molar-refractivity contribution in [1.82, 2.24) is 9.97 Å². The first-order valence-electron chi connectivity index (χ1n) is 9.37. The number of hydrogen-bond acceptors (Lipinski definition) is 9. The number of carbonyl (C=O) groups is 2. The minimum Gasteiger partial charge on any atom is -0.465 e. The lowest BCUT2D eigenvalue weighted by atomic mass is 9.99. The number of carbonyl (C=O) groups excluding carboxylic acids is 2. The quantitative estimate of drug-likeness (QED) is 0.731. The molecule has 1 fully saturated rings. The molecular formula is C20H25N5O4. The molecule has 0 radical (unpaired) electrons. The van der Waals surface area contributed by atoms with E-state index in [4.69, 9.17) is 15.2 Å². The second-order valence-electron chi connectivity index (χ2n) is 7.04. The molecule has 2 aromatic rings. The van der Waals surface area contributed by atoms with Gasteiger partial charge in [-0.2, -0.15) is 0 Å². The number of nitrogens with one attached hydrogen (secondary N) is 1. The molecule has 0 unspecified atom stereocenters. The maximum absolute atomic E-state index is 12.0. The highest BCUT2D eigenvalue weighted by molar-refractivity contribution is 5.97. The van der Waals surface area contributed by atoms with E-state index in [0.29, 0.717) is 28.9 Å². The lowest BCUT2D eigenvalue weighted by Gasteiger charge is -2.32. The summed E-state index contributed by atoms with van der Waals surface area (Å²) in [6.45, 7) is 4.00. The lowest BCUT2D eigenvalue weighted by Crippen LogP contribution is -2.34. The second kappa shape index (κ2) is 8.76. The third kappa shape index (κ3) is 4.56. The lowest BCUT2D eigenvalue weighted by molar-refractivity contribution is 0.0599. The van der Waals surface area contributed by atoms with Gasteiger partial charge in [-0.3, -0.25) is 0 Å². The third-order valence-electron chi connectivity index (χ3n) is 4.98. The molecule has 1 aromatic carbocycles. The van der Waals surface area contributed by atoms with Gasteiger partial charge in [-0.05, 0) is 37.0 Å². The van der Waals surface area contributed by atoms with E-state index in [0.717, 1.165) is 25.9 Å². The van der Waals surface area contributed by atoms with Gasteiger partial charge in [0.1, 0.15) is 12.0 Å². The zero-order chi connectivity index (χ0) is 21.0. The molecule has 29 heavy (non-hydrogen) atoms. The highest BCUT2D eigenvalue weighted by Gasteiger charge is 2.21. The van der Waals surface area contributed by atoms with Gasteiger partial charge >= 0.3 is 11.9 Å². The predicted molar refractivity (Wildman–Crippen MR) is 109 cm³/mol. The maximum Gasteiger partial charge on any atom is 0.337 e. The molecule has 0 spiro atoms. The fourth-order valence-corrected chi connectivity index (χ4v) is 3.27. The van der Waals surface area contributed by atoms with E-state index in [9.17, 15) is 9.59 Å². The molecule has 1 aromatic heterocycles. The Bertz CT molecular complexity index is 875. The Morgan fingerprint density at radius 3 is 2.21 bits per heavy atom. The Hall–Kier alpha value is -3.36. The molecule has 3 N–H and O–H groups in total. The van der Waals surface area contributed by atoms with Crippen molar-refractivity contribution in [2.45, 2.75) is 19.8 Å². The minimum atomic E-state index is -0.572. The largest absolute Gasteiger partial charge is 0.465 e. The molecule has 0 aliphatic carbocycles. The van der Waals surface area contributed by atoms with Gasteiger partial charge in [0.15, 0.2) is 11.6 Å². The second-order valence-corrected chi connectivity index (χ2v) is 7.04. The summed E-state index contributed by atoms with van der Waals surface area (Å²) in [5.74, 6) is 0.609. The maximum atomic E-state index is 12.0. The van der Waals surface area contributed by atoms with Crippen LogP contribution in [0.3, 0.4) is 0 Å². The average molecular weight is 399 g/mol. The number of nitrogens with two attached hydrogens (primary N) is 1. The van der Waals surface area contributed by atoms with E-state index < -0.39 is 11.9 Å². The molecule has 1 aliphatic heterocycles. The van der Waals surface area contributed by atoms with E-state index in [1.54, 1.807) is 12.1 Å². The number of methoxy groups -OCH3 is 2. The molecule has 154 valence electrons. The molecule has 9 nitrogen and oxygen atoms in total. The van der Waals surface area contributed by atoms with Crippen LogP contribution in [-0.4, -0.2) is 49.2 Å². The Labute approximate surface area is 169 Å². The Balaban J connectivity index is 1.92. The molecule has 0 bridgehead atoms. The molecule has 9 heteroatoms. The van der Waals surface area contributed by atoms with E-state index in [2.05, 4.69) is 27.1 Å². The Kier molecular flexibility index (Phi) is 6.16. The number of nitrogen functional groups attached to an aromatic ring is 1. The van der Waals surface area contributed by atoms with Gasteiger partial charge in [0.05, 0.1) is 25.3 Å². The minimum absolute atomic E-state index is 0.204. The van der Waals surface area contributed by atoms with Crippen molar-refractivity contribution in [1.29, 1.82) is 0 Å². The van der Waals surface area contributed by atoms with Crippen LogP contribution in [0.15, 0.2) is 24.5 Å². The fraction of sp³-hybridized carbons (Fsp3) is 0.400. The molecular weight excluding hydrogens is 374 g/mol. The normalized spacial score (nSPS) is 14.4. The van der Waals surface area contributed by atoms with E-state index in [-0.39, 0.29) is 11.1 Å². The first-order valence-corrected chi connectivity index (χ1v) is 9.37. The fourth-order valence-electron chi connectivity index (χ4n) is 3.27. The average Bonchev–Trinajstić information content (AvgIpc) is 2.74. The molecule has 0 amide bonds. The Morgan fingerprint density at radius 1 is 1.07 bits per heavy atom. The van der Waals surface area contributed by atoms with Gasteiger partial charge in [0.25, 0.3) is 0 Å². The van der Waals surface area contributed by atoms with Gasteiger partial charge in [-0.25, -0.2) is 19.6 Å². The van der Waals surface area contributed by atoms with Gasteiger partial charge in [0.2, 0.25) is 0 Å². The Morgan fingerprint density at radius 2 is 1.66 bits per heavy atom. The summed E-state index contributed by atoms with van der Waals surface area (Å²) in [5.41, 5.74) is 7.60. The van der Waals surface area contributed by atoms with Gasteiger partial charge in [-0.1, -0.05) is 6.92 Å². The molecule has 0 atom stereocenters. The van der Waals surface area contributed by atoms with Crippen molar-refractivity contribution in [3.63, 3.8) is 0 Å². The smallest absolute Gasteiger partial charge is 0.337 e. The standard InChI is InChI=1S/C20H25N5O4/c1-12-4-6-25(7-5-12)18-16(21)17(22-11-23-18)24-15-9-13(19(26)28-2)8-14(10-15)20(27)29-3/h8-12H,4-7,21H2,1-3H3,(H,22,23,24). The number of hydrogen-bond donors (Lipinski definition) is 2. The highest BCUT2D eigenvalue weighted by atomic mass is 16.5. The molecule has 1 saturated heterocycles. The number of piperidine rings is 1. The first kappa shape index (κ1) is 20.4. The summed E-state index contributed by atoms with van der Waals surface area (Å²) < 4.78 is 9.53. The monoisotopic (exact) mass is 399 g/mol. The van der Waals surface area contributed by atoms with Crippen LogP contribution >= 0.6 is 0 Å². The molecule has 0 saturated carbocycles. The predicted octanol–water partition coefficient (Wildman–Crippen LogP) is 2.61. The third-order valence-corrected chi connectivity index (χ3v) is 4.98. The summed E-state index contributed by atoms with van der Waals surface area (Å²) in [5, 5.41) is 3.08. The molecule has 2 heterocycles. The van der Waals surface area contributed by atoms with Crippen LogP contribution in [0.2, 0.25) is 0 Å². The zero-order valence-electron chi connectivity index (χ0n) is 16.8. The molecule has 3 rings (SSSR count). The number of anilines is 4. The van der Waals surface area contributed by atoms with Gasteiger partial charge < -0.3 is 25.4 Å². The number of rotatable bonds is 5. The van der Waals surface area contributed by atoms with Crippen LogP contribution in [0.5, 0.6) is 0 Å². The zero-order valence-corrected chi connectivity index (χ0v) is 16.8. The van der Waals surface area contributed by atoms with Crippen LogP contribution in [0, 0.1) is 5.92 Å². The SMILES string of the molecule is COC(=O)c1cc(Nc2ncnc(N3CCC(C)CC3)c2N)cc(C(=O)OC)c1. The van der Waals surface area contributed by atoms with E-state index in [1.807, 2.05) is 0 Å². The van der Waals surface area contributed by atoms with Crippen molar-refractivity contribution < 1.29 is 19.1 Å². The van der Waals surface area contributed by atoms with Crippen LogP contribution in [0.1, 0.15) is 40.5 Å². The number of aromatic nitrogens is 2. The van der Waals surface area contributed by atoms with Crippen molar-refractivity contribution in [2.75, 3.05) is 43.3 Å². The highest BCUT2D eigenvalue weighted by Crippen LogP contribution is 2.31. The van der Waals surface area contributed by atoms with Gasteiger partial charge in [-0.15, -0.1) is 0 Å². The topological polar surface area (TPSA) is 120 Å². The number of benzene rings is 1. The van der Waals surface area contributed by atoms with Crippen LogP contribution in [-0.2, 0) is 9.47 Å². The molecule has 1 aliphatic rings. The van der Waals surface area contributed by atoms with Crippen molar-refractivity contribution in [2.24, 2.45) is 5.92 Å². The van der Waals surface area contributed by atoms with Crippen molar-refractivity contribution >= 4 is 34.9 Å². The van der Waals surface area contributed by atoms with E-state index >= 15 is 0 Å². The van der Waals surface area contributed by atoms with Crippen LogP contribution in [0.4, 0.5) is 23.0 Å². The number of nitrogens with zero attached hydrogens (tertiary/aromatic N) is 3. The van der Waals surface area contributed by atoms with E-state index in [1.165, 1.54) is 26.6 Å². The summed E-state index contributed by atoms with van der Waals surface area (Å²) in [6.07, 6.45) is 3.60. The van der Waals surface area contributed by atoms with Crippen LogP contribution < -0.4 is 16.0 Å².